The standard InChI is InChI=1S/C12H22N4O/c1-9(2)16-10(3)14-15-11(16)12(8-13)4-6-17-7-5-12/h9H,4-8,13H2,1-3H3. The Bertz CT molecular complexity index is 380. The third-order valence-corrected chi connectivity index (χ3v) is 3.70. The molecular formula is C12H22N4O. The molecule has 0 unspecified atom stereocenters. The zero-order valence-corrected chi connectivity index (χ0v) is 10.9. The molecule has 1 aliphatic rings. The molecule has 1 fully saturated rings. The van der Waals surface area contributed by atoms with E-state index < -0.39 is 0 Å². The molecule has 2 N–H and O–H groups in total. The van der Waals surface area contributed by atoms with E-state index in [0.717, 1.165) is 37.7 Å². The first-order chi connectivity index (χ1) is 8.10. The van der Waals surface area contributed by atoms with Gasteiger partial charge >= 0.3 is 0 Å². The highest BCUT2D eigenvalue weighted by molar-refractivity contribution is 5.13. The quantitative estimate of drug-likeness (QED) is 0.858. The van der Waals surface area contributed by atoms with Gasteiger partial charge in [-0.15, -0.1) is 10.2 Å². The van der Waals surface area contributed by atoms with E-state index in [2.05, 4.69) is 28.6 Å². The number of nitrogens with zero attached hydrogens (tertiary/aromatic N) is 3. The van der Waals surface area contributed by atoms with Crippen molar-refractivity contribution in [1.29, 1.82) is 0 Å². The Labute approximate surface area is 102 Å². The molecule has 1 aromatic rings. The lowest BCUT2D eigenvalue weighted by atomic mass is 9.79. The van der Waals surface area contributed by atoms with E-state index >= 15 is 0 Å². The molecule has 17 heavy (non-hydrogen) atoms. The third-order valence-electron chi connectivity index (χ3n) is 3.70. The summed E-state index contributed by atoms with van der Waals surface area (Å²) in [6.45, 7) is 8.45. The van der Waals surface area contributed by atoms with Crippen LogP contribution < -0.4 is 5.73 Å². The molecule has 1 aromatic heterocycles. The number of rotatable bonds is 3. The molecule has 96 valence electrons. The minimum absolute atomic E-state index is 0.0518. The highest BCUT2D eigenvalue weighted by atomic mass is 16.5. The normalized spacial score (nSPS) is 19.8. The predicted octanol–water partition coefficient (Wildman–Crippen LogP) is 1.17. The van der Waals surface area contributed by atoms with Crippen LogP contribution >= 0.6 is 0 Å². The summed E-state index contributed by atoms with van der Waals surface area (Å²) in [6.07, 6.45) is 1.88. The van der Waals surface area contributed by atoms with Crippen molar-refractivity contribution in [2.45, 2.75) is 45.1 Å². The number of aromatic nitrogens is 3. The summed E-state index contributed by atoms with van der Waals surface area (Å²) in [4.78, 5) is 0. The largest absolute Gasteiger partial charge is 0.381 e. The van der Waals surface area contributed by atoms with Crippen LogP contribution in [0.15, 0.2) is 0 Å². The fraction of sp³-hybridized carbons (Fsp3) is 0.833. The van der Waals surface area contributed by atoms with Gasteiger partial charge in [0.1, 0.15) is 11.6 Å². The van der Waals surface area contributed by atoms with E-state index in [1.165, 1.54) is 0 Å². The van der Waals surface area contributed by atoms with Crippen LogP contribution in [-0.4, -0.2) is 34.5 Å². The van der Waals surface area contributed by atoms with Gasteiger partial charge in [-0.05, 0) is 33.6 Å². The summed E-state index contributed by atoms with van der Waals surface area (Å²) in [7, 11) is 0. The minimum Gasteiger partial charge on any atom is -0.381 e. The van der Waals surface area contributed by atoms with Crippen LogP contribution in [0.5, 0.6) is 0 Å². The number of hydrogen-bond acceptors (Lipinski definition) is 4. The van der Waals surface area contributed by atoms with Gasteiger partial charge < -0.3 is 15.0 Å². The first kappa shape index (κ1) is 12.5. The molecule has 0 atom stereocenters. The first-order valence-corrected chi connectivity index (χ1v) is 6.30. The van der Waals surface area contributed by atoms with E-state index in [-0.39, 0.29) is 5.41 Å². The Hall–Kier alpha value is -0.940. The van der Waals surface area contributed by atoms with Crippen molar-refractivity contribution in [3.05, 3.63) is 11.6 Å². The molecule has 0 bridgehead atoms. The molecule has 5 nitrogen and oxygen atoms in total. The van der Waals surface area contributed by atoms with Crippen LogP contribution in [0.4, 0.5) is 0 Å². The van der Waals surface area contributed by atoms with Gasteiger partial charge in [-0.2, -0.15) is 0 Å². The van der Waals surface area contributed by atoms with Gasteiger partial charge in [0, 0.05) is 31.2 Å². The van der Waals surface area contributed by atoms with Crippen LogP contribution in [0.3, 0.4) is 0 Å². The van der Waals surface area contributed by atoms with Crippen LogP contribution in [0.1, 0.15) is 44.4 Å². The molecule has 2 heterocycles. The Morgan fingerprint density at radius 1 is 1.35 bits per heavy atom. The van der Waals surface area contributed by atoms with Crippen LogP contribution in [-0.2, 0) is 10.2 Å². The van der Waals surface area contributed by atoms with Crippen molar-refractivity contribution in [2.24, 2.45) is 5.73 Å². The SMILES string of the molecule is Cc1nnc(C2(CN)CCOCC2)n1C(C)C. The van der Waals surface area contributed by atoms with Gasteiger partial charge in [0.25, 0.3) is 0 Å². The molecule has 5 heteroatoms. The van der Waals surface area contributed by atoms with Gasteiger partial charge in [-0.25, -0.2) is 0 Å². The average molecular weight is 238 g/mol. The number of hydrogen-bond donors (Lipinski definition) is 1. The molecule has 0 spiro atoms. The van der Waals surface area contributed by atoms with Gasteiger partial charge in [0.05, 0.1) is 0 Å². The minimum atomic E-state index is -0.0518. The third kappa shape index (κ3) is 2.09. The zero-order chi connectivity index (χ0) is 12.5. The maximum atomic E-state index is 6.01. The second-order valence-corrected chi connectivity index (χ2v) is 5.13. The highest BCUT2D eigenvalue weighted by Gasteiger charge is 2.38. The van der Waals surface area contributed by atoms with Crippen molar-refractivity contribution in [3.63, 3.8) is 0 Å². The highest BCUT2D eigenvalue weighted by Crippen LogP contribution is 2.34. The summed E-state index contributed by atoms with van der Waals surface area (Å²) in [6, 6.07) is 0.367. The summed E-state index contributed by atoms with van der Waals surface area (Å²) < 4.78 is 7.65. The fourth-order valence-corrected chi connectivity index (χ4v) is 2.63. The molecule has 1 saturated heterocycles. The first-order valence-electron chi connectivity index (χ1n) is 6.30. The lowest BCUT2D eigenvalue weighted by molar-refractivity contribution is 0.0481. The molecule has 0 radical (unpaired) electrons. The monoisotopic (exact) mass is 238 g/mol. The van der Waals surface area contributed by atoms with Gasteiger partial charge in [-0.1, -0.05) is 0 Å². The van der Waals surface area contributed by atoms with Crippen molar-refractivity contribution in [1.82, 2.24) is 14.8 Å². The lowest BCUT2D eigenvalue weighted by Crippen LogP contribution is -2.43. The smallest absolute Gasteiger partial charge is 0.140 e. The predicted molar refractivity (Wildman–Crippen MR) is 65.9 cm³/mol. The lowest BCUT2D eigenvalue weighted by Gasteiger charge is -2.36. The van der Waals surface area contributed by atoms with E-state index in [4.69, 9.17) is 10.5 Å². The molecular weight excluding hydrogens is 216 g/mol. The summed E-state index contributed by atoms with van der Waals surface area (Å²) >= 11 is 0. The summed E-state index contributed by atoms with van der Waals surface area (Å²) in [5, 5.41) is 8.60. The van der Waals surface area contributed by atoms with Gasteiger partial charge in [-0.3, -0.25) is 0 Å². The second kappa shape index (κ2) is 4.74. The van der Waals surface area contributed by atoms with E-state index in [1.807, 2.05) is 6.92 Å². The molecule has 0 aliphatic carbocycles. The van der Waals surface area contributed by atoms with Crippen LogP contribution in [0, 0.1) is 6.92 Å². The molecule has 2 rings (SSSR count). The van der Waals surface area contributed by atoms with Crippen LogP contribution in [0.2, 0.25) is 0 Å². The molecule has 0 saturated carbocycles. The maximum Gasteiger partial charge on any atom is 0.140 e. The van der Waals surface area contributed by atoms with E-state index in [0.29, 0.717) is 12.6 Å². The zero-order valence-electron chi connectivity index (χ0n) is 10.9. The molecule has 0 aromatic carbocycles. The van der Waals surface area contributed by atoms with Crippen molar-refractivity contribution in [3.8, 4) is 0 Å². The Morgan fingerprint density at radius 3 is 2.53 bits per heavy atom. The van der Waals surface area contributed by atoms with Crippen molar-refractivity contribution < 1.29 is 4.74 Å². The Balaban J connectivity index is 2.43. The summed E-state index contributed by atoms with van der Waals surface area (Å²) in [5.74, 6) is 2.00. The van der Waals surface area contributed by atoms with Crippen LogP contribution in [0.25, 0.3) is 0 Å². The second-order valence-electron chi connectivity index (χ2n) is 5.13. The van der Waals surface area contributed by atoms with E-state index in [9.17, 15) is 0 Å². The number of ether oxygens (including phenoxy) is 1. The number of nitrogens with two attached hydrogens (primary N) is 1. The Morgan fingerprint density at radius 2 is 2.00 bits per heavy atom. The molecule has 1 aliphatic heterocycles. The molecule has 0 amide bonds. The van der Waals surface area contributed by atoms with E-state index in [1.54, 1.807) is 0 Å². The average Bonchev–Trinajstić information content (AvgIpc) is 2.72. The topological polar surface area (TPSA) is 66.0 Å². The summed E-state index contributed by atoms with van der Waals surface area (Å²) in [5.41, 5.74) is 5.96. The Kier molecular flexibility index (Phi) is 3.49. The fourth-order valence-electron chi connectivity index (χ4n) is 2.63. The van der Waals surface area contributed by atoms with Gasteiger partial charge in [0.2, 0.25) is 0 Å². The van der Waals surface area contributed by atoms with Crippen molar-refractivity contribution >= 4 is 0 Å². The maximum absolute atomic E-state index is 6.01. The van der Waals surface area contributed by atoms with Gasteiger partial charge in [0.15, 0.2) is 0 Å². The number of aryl methyl sites for hydroxylation is 1. The van der Waals surface area contributed by atoms with Crippen molar-refractivity contribution in [2.75, 3.05) is 19.8 Å².